The first-order valence-corrected chi connectivity index (χ1v) is 7.02. The van der Waals surface area contributed by atoms with Gasteiger partial charge >= 0.3 is 5.97 Å². The van der Waals surface area contributed by atoms with Crippen molar-refractivity contribution in [1.29, 1.82) is 0 Å². The summed E-state index contributed by atoms with van der Waals surface area (Å²) >= 11 is 4.95. The van der Waals surface area contributed by atoms with Gasteiger partial charge in [-0.1, -0.05) is 18.2 Å². The number of halogens is 1. The van der Waals surface area contributed by atoms with Gasteiger partial charge < -0.3 is 10.1 Å². The Balaban J connectivity index is 2.27. The van der Waals surface area contributed by atoms with Crippen LogP contribution in [0.25, 0.3) is 0 Å². The number of nitrogens with one attached hydrogen (secondary N) is 1. The van der Waals surface area contributed by atoms with Gasteiger partial charge in [-0.05, 0) is 39.5 Å². The Bertz CT molecular complexity index is 527. The maximum absolute atomic E-state index is 11.9. The number of hydrogen-bond acceptors (Lipinski definition) is 4. The van der Waals surface area contributed by atoms with Gasteiger partial charge in [-0.2, -0.15) is 0 Å². The summed E-state index contributed by atoms with van der Waals surface area (Å²) in [4.78, 5) is 12.8. The van der Waals surface area contributed by atoms with Gasteiger partial charge in [0, 0.05) is 10.2 Å². The number of carbonyl (C=O) groups excluding carboxylic acids is 1. The molecule has 1 aromatic heterocycles. The number of benzene rings is 1. The molecule has 1 heterocycles. The zero-order chi connectivity index (χ0) is 13.0. The number of para-hydroxylation sites is 1. The van der Waals surface area contributed by atoms with E-state index in [0.717, 1.165) is 15.0 Å². The van der Waals surface area contributed by atoms with Crippen molar-refractivity contribution in [1.82, 2.24) is 0 Å². The van der Waals surface area contributed by atoms with Crippen molar-refractivity contribution in [2.75, 3.05) is 12.4 Å². The standard InChI is InChI=1S/C13H12BrNO2S/c1-17-13(16)11(12-10(14)7-8-18-12)15-9-5-3-2-4-6-9/h2-8,11,15H,1H3. The second kappa shape index (κ2) is 6.02. The minimum absolute atomic E-state index is 0.304. The Morgan fingerprint density at radius 1 is 1.33 bits per heavy atom. The summed E-state index contributed by atoms with van der Waals surface area (Å²) in [7, 11) is 1.39. The molecule has 0 radical (unpaired) electrons. The fourth-order valence-electron chi connectivity index (χ4n) is 1.56. The van der Waals surface area contributed by atoms with Gasteiger partial charge in [-0.15, -0.1) is 11.3 Å². The van der Waals surface area contributed by atoms with Crippen molar-refractivity contribution < 1.29 is 9.53 Å². The number of thiophene rings is 1. The molecule has 0 fully saturated rings. The van der Waals surface area contributed by atoms with Gasteiger partial charge in [-0.3, -0.25) is 0 Å². The third-order valence-electron chi connectivity index (χ3n) is 2.43. The van der Waals surface area contributed by atoms with Crippen molar-refractivity contribution in [2.45, 2.75) is 6.04 Å². The fourth-order valence-corrected chi connectivity index (χ4v) is 3.20. The molecule has 1 unspecified atom stereocenters. The van der Waals surface area contributed by atoms with Gasteiger partial charge in [0.25, 0.3) is 0 Å². The van der Waals surface area contributed by atoms with E-state index in [0.29, 0.717) is 0 Å². The van der Waals surface area contributed by atoms with E-state index in [1.165, 1.54) is 18.4 Å². The lowest BCUT2D eigenvalue weighted by molar-refractivity contribution is -0.141. The zero-order valence-corrected chi connectivity index (χ0v) is 12.1. The fraction of sp³-hybridized carbons (Fsp3) is 0.154. The van der Waals surface area contributed by atoms with E-state index in [-0.39, 0.29) is 5.97 Å². The number of esters is 1. The van der Waals surface area contributed by atoms with Crippen molar-refractivity contribution in [3.05, 3.63) is 51.1 Å². The third-order valence-corrected chi connectivity index (χ3v) is 4.36. The van der Waals surface area contributed by atoms with E-state index in [4.69, 9.17) is 4.74 Å². The monoisotopic (exact) mass is 325 g/mol. The predicted molar refractivity (Wildman–Crippen MR) is 76.8 cm³/mol. The Kier molecular flexibility index (Phi) is 4.38. The minimum Gasteiger partial charge on any atom is -0.467 e. The van der Waals surface area contributed by atoms with Gasteiger partial charge in [0.15, 0.2) is 6.04 Å². The Hall–Kier alpha value is -1.33. The minimum atomic E-state index is -0.494. The van der Waals surface area contributed by atoms with Crippen LogP contribution in [0.2, 0.25) is 0 Å². The average molecular weight is 326 g/mol. The predicted octanol–water partition coefficient (Wildman–Crippen LogP) is 3.84. The molecule has 0 saturated heterocycles. The van der Waals surface area contributed by atoms with Crippen LogP contribution in [-0.4, -0.2) is 13.1 Å². The van der Waals surface area contributed by atoms with Crippen LogP contribution < -0.4 is 5.32 Å². The lowest BCUT2D eigenvalue weighted by Crippen LogP contribution is -2.21. The summed E-state index contributed by atoms with van der Waals surface area (Å²) in [5.74, 6) is -0.304. The summed E-state index contributed by atoms with van der Waals surface area (Å²) in [6.45, 7) is 0. The SMILES string of the molecule is COC(=O)C(Nc1ccccc1)c1sccc1Br. The van der Waals surface area contributed by atoms with E-state index in [1.54, 1.807) is 0 Å². The molecule has 0 aliphatic carbocycles. The van der Waals surface area contributed by atoms with Crippen molar-refractivity contribution >= 4 is 38.9 Å². The van der Waals surface area contributed by atoms with Gasteiger partial charge in [-0.25, -0.2) is 4.79 Å². The summed E-state index contributed by atoms with van der Waals surface area (Å²) in [5, 5.41) is 5.11. The molecule has 1 atom stereocenters. The highest BCUT2D eigenvalue weighted by molar-refractivity contribution is 9.10. The molecule has 0 bridgehead atoms. The van der Waals surface area contributed by atoms with Crippen LogP contribution in [0.3, 0.4) is 0 Å². The lowest BCUT2D eigenvalue weighted by Gasteiger charge is -2.17. The number of ether oxygens (including phenoxy) is 1. The molecular formula is C13H12BrNO2S. The molecule has 1 aromatic carbocycles. The van der Waals surface area contributed by atoms with E-state index in [2.05, 4.69) is 21.2 Å². The zero-order valence-electron chi connectivity index (χ0n) is 9.72. The van der Waals surface area contributed by atoms with Gasteiger partial charge in [0.1, 0.15) is 0 Å². The van der Waals surface area contributed by atoms with Crippen LogP contribution in [-0.2, 0) is 9.53 Å². The van der Waals surface area contributed by atoms with Crippen LogP contribution in [0.15, 0.2) is 46.3 Å². The molecule has 5 heteroatoms. The summed E-state index contributed by atoms with van der Waals surface area (Å²) in [6.07, 6.45) is 0. The normalized spacial score (nSPS) is 11.9. The molecule has 0 saturated carbocycles. The number of methoxy groups -OCH3 is 1. The molecule has 2 rings (SSSR count). The molecule has 94 valence electrons. The van der Waals surface area contributed by atoms with Gasteiger partial charge in [0.05, 0.1) is 12.0 Å². The number of hydrogen-bond donors (Lipinski definition) is 1. The maximum atomic E-state index is 11.9. The average Bonchev–Trinajstić information content (AvgIpc) is 2.82. The summed E-state index contributed by atoms with van der Waals surface area (Å²) < 4.78 is 5.76. The first-order valence-electron chi connectivity index (χ1n) is 5.34. The number of carbonyl (C=O) groups is 1. The van der Waals surface area contributed by atoms with E-state index >= 15 is 0 Å². The van der Waals surface area contributed by atoms with Crippen LogP contribution in [0.5, 0.6) is 0 Å². The molecule has 0 amide bonds. The van der Waals surface area contributed by atoms with Crippen LogP contribution in [0.4, 0.5) is 5.69 Å². The molecule has 18 heavy (non-hydrogen) atoms. The van der Waals surface area contributed by atoms with Crippen LogP contribution in [0, 0.1) is 0 Å². The molecule has 0 aliphatic heterocycles. The molecule has 2 aromatic rings. The maximum Gasteiger partial charge on any atom is 0.333 e. The quantitative estimate of drug-likeness (QED) is 0.868. The van der Waals surface area contributed by atoms with Crippen molar-refractivity contribution in [2.24, 2.45) is 0 Å². The topological polar surface area (TPSA) is 38.3 Å². The van der Waals surface area contributed by atoms with E-state index < -0.39 is 6.04 Å². The van der Waals surface area contributed by atoms with Crippen LogP contribution in [0.1, 0.15) is 10.9 Å². The van der Waals surface area contributed by atoms with Crippen molar-refractivity contribution in [3.8, 4) is 0 Å². The highest BCUT2D eigenvalue weighted by Gasteiger charge is 2.24. The number of anilines is 1. The molecule has 3 nitrogen and oxygen atoms in total. The van der Waals surface area contributed by atoms with Gasteiger partial charge in [0.2, 0.25) is 0 Å². The molecule has 0 aliphatic rings. The third kappa shape index (κ3) is 2.91. The number of rotatable bonds is 4. The molecule has 0 spiro atoms. The van der Waals surface area contributed by atoms with Crippen molar-refractivity contribution in [3.63, 3.8) is 0 Å². The second-order valence-electron chi connectivity index (χ2n) is 3.60. The van der Waals surface area contributed by atoms with E-state index in [1.807, 2.05) is 41.8 Å². The Morgan fingerprint density at radius 2 is 2.06 bits per heavy atom. The largest absolute Gasteiger partial charge is 0.467 e. The smallest absolute Gasteiger partial charge is 0.333 e. The molecule has 1 N–H and O–H groups in total. The Labute approximate surface area is 118 Å². The van der Waals surface area contributed by atoms with E-state index in [9.17, 15) is 4.79 Å². The highest BCUT2D eigenvalue weighted by atomic mass is 79.9. The highest BCUT2D eigenvalue weighted by Crippen LogP contribution is 2.32. The Morgan fingerprint density at radius 3 is 2.61 bits per heavy atom. The first kappa shape index (κ1) is 13.1. The van der Waals surface area contributed by atoms with Crippen LogP contribution >= 0.6 is 27.3 Å². The first-order chi connectivity index (χ1) is 8.72. The summed E-state index contributed by atoms with van der Waals surface area (Å²) in [6, 6.07) is 11.0. The molecular weight excluding hydrogens is 314 g/mol. The summed E-state index contributed by atoms with van der Waals surface area (Å²) in [5.41, 5.74) is 0.883. The lowest BCUT2D eigenvalue weighted by atomic mass is 10.2. The second-order valence-corrected chi connectivity index (χ2v) is 5.40.